The van der Waals surface area contributed by atoms with Crippen LogP contribution in [0.25, 0.3) is 0 Å². The monoisotopic (exact) mass is 261 g/mol. The van der Waals surface area contributed by atoms with Gasteiger partial charge in [-0.25, -0.2) is 0 Å². The molecule has 1 aliphatic heterocycles. The zero-order valence-electron chi connectivity index (χ0n) is 9.58. The van der Waals surface area contributed by atoms with E-state index in [0.717, 1.165) is 25.0 Å². The van der Waals surface area contributed by atoms with Crippen molar-refractivity contribution >= 4 is 29.3 Å². The maximum absolute atomic E-state index is 12.0. The highest BCUT2D eigenvalue weighted by molar-refractivity contribution is 8.00. The summed E-state index contributed by atoms with van der Waals surface area (Å²) in [5.41, 5.74) is 0. The third kappa shape index (κ3) is 3.30. The quantitative estimate of drug-likeness (QED) is 0.775. The molecule has 0 spiro atoms. The molecule has 0 aromatic carbocycles. The lowest BCUT2D eigenvalue weighted by atomic mass is 9.94. The smallest absolute Gasteiger partial charge is 0.233 e. The van der Waals surface area contributed by atoms with Crippen molar-refractivity contribution in [3.63, 3.8) is 0 Å². The SMILES string of the molecule is O=C(NC1CCCCC1Cl)C1CCCCS1. The van der Waals surface area contributed by atoms with Crippen LogP contribution in [0.2, 0.25) is 0 Å². The molecule has 1 amide bonds. The van der Waals surface area contributed by atoms with Crippen LogP contribution in [0, 0.1) is 0 Å². The van der Waals surface area contributed by atoms with E-state index in [1.54, 1.807) is 11.8 Å². The second-order valence-electron chi connectivity index (χ2n) is 4.77. The highest BCUT2D eigenvalue weighted by Gasteiger charge is 2.28. The second kappa shape index (κ2) is 6.15. The number of nitrogens with one attached hydrogen (secondary N) is 1. The van der Waals surface area contributed by atoms with E-state index >= 15 is 0 Å². The Morgan fingerprint density at radius 3 is 2.56 bits per heavy atom. The number of alkyl halides is 1. The van der Waals surface area contributed by atoms with E-state index in [4.69, 9.17) is 11.6 Å². The van der Waals surface area contributed by atoms with E-state index in [1.807, 2.05) is 0 Å². The molecule has 3 atom stereocenters. The molecule has 1 saturated heterocycles. The van der Waals surface area contributed by atoms with E-state index in [-0.39, 0.29) is 22.6 Å². The number of halogens is 1. The van der Waals surface area contributed by atoms with Crippen LogP contribution in [-0.2, 0) is 4.79 Å². The summed E-state index contributed by atoms with van der Waals surface area (Å²) >= 11 is 8.05. The molecule has 1 heterocycles. The van der Waals surface area contributed by atoms with Gasteiger partial charge in [0.25, 0.3) is 0 Å². The average molecular weight is 262 g/mol. The van der Waals surface area contributed by atoms with Crippen LogP contribution in [-0.4, -0.2) is 28.3 Å². The summed E-state index contributed by atoms with van der Waals surface area (Å²) in [5.74, 6) is 1.36. The second-order valence-corrected chi connectivity index (χ2v) is 6.64. The van der Waals surface area contributed by atoms with Gasteiger partial charge in [0.1, 0.15) is 0 Å². The van der Waals surface area contributed by atoms with Crippen LogP contribution in [0.15, 0.2) is 0 Å². The minimum atomic E-state index is 0.145. The van der Waals surface area contributed by atoms with Crippen molar-refractivity contribution in [2.45, 2.75) is 61.6 Å². The summed E-state index contributed by atoms with van der Waals surface area (Å²) in [5, 5.41) is 3.47. The summed E-state index contributed by atoms with van der Waals surface area (Å²) < 4.78 is 0. The van der Waals surface area contributed by atoms with Gasteiger partial charge in [-0.05, 0) is 31.4 Å². The minimum Gasteiger partial charge on any atom is -0.351 e. The largest absolute Gasteiger partial charge is 0.351 e. The predicted molar refractivity (Wildman–Crippen MR) is 70.1 cm³/mol. The lowest BCUT2D eigenvalue weighted by Crippen LogP contribution is -2.46. The van der Waals surface area contributed by atoms with Crippen molar-refractivity contribution in [3.8, 4) is 0 Å². The van der Waals surface area contributed by atoms with Gasteiger partial charge in [0.05, 0.1) is 10.6 Å². The van der Waals surface area contributed by atoms with Crippen LogP contribution in [0.4, 0.5) is 0 Å². The van der Waals surface area contributed by atoms with Crippen LogP contribution >= 0.6 is 23.4 Å². The number of carbonyl (C=O) groups is 1. The predicted octanol–water partition coefficient (Wildman–Crippen LogP) is 2.94. The maximum atomic E-state index is 12.0. The molecule has 1 N–H and O–H groups in total. The Kier molecular flexibility index (Phi) is 4.83. The van der Waals surface area contributed by atoms with Crippen LogP contribution in [0.1, 0.15) is 44.9 Å². The fourth-order valence-electron chi connectivity index (χ4n) is 2.47. The van der Waals surface area contributed by atoms with Gasteiger partial charge in [0.2, 0.25) is 5.91 Å². The first kappa shape index (κ1) is 12.6. The first-order valence-corrected chi connectivity index (χ1v) is 7.82. The summed E-state index contributed by atoms with van der Waals surface area (Å²) in [6, 6.07) is 0.213. The van der Waals surface area contributed by atoms with Crippen LogP contribution in [0.3, 0.4) is 0 Å². The summed E-state index contributed by atoms with van der Waals surface area (Å²) in [6.45, 7) is 0. The standard InChI is InChI=1S/C12H20ClNOS/c13-9-5-1-2-6-10(9)14-12(15)11-7-3-4-8-16-11/h9-11H,1-8H2,(H,14,15). The van der Waals surface area contributed by atoms with Crippen molar-refractivity contribution in [2.75, 3.05) is 5.75 Å². The number of carbonyl (C=O) groups excluding carboxylic acids is 1. The van der Waals surface area contributed by atoms with Crippen molar-refractivity contribution in [3.05, 3.63) is 0 Å². The zero-order chi connectivity index (χ0) is 11.4. The molecule has 92 valence electrons. The number of rotatable bonds is 2. The Labute approximate surface area is 107 Å². The maximum Gasteiger partial charge on any atom is 0.233 e. The first-order valence-electron chi connectivity index (χ1n) is 6.33. The number of hydrogen-bond acceptors (Lipinski definition) is 2. The molecule has 2 rings (SSSR count). The highest BCUT2D eigenvalue weighted by atomic mass is 35.5. The summed E-state index contributed by atoms with van der Waals surface area (Å²) in [4.78, 5) is 12.0. The lowest BCUT2D eigenvalue weighted by molar-refractivity contribution is -0.121. The fourth-order valence-corrected chi connectivity index (χ4v) is 4.02. The van der Waals surface area contributed by atoms with Gasteiger partial charge in [0.15, 0.2) is 0 Å². The molecule has 16 heavy (non-hydrogen) atoms. The Bertz CT molecular complexity index is 243. The van der Waals surface area contributed by atoms with Crippen molar-refractivity contribution in [1.82, 2.24) is 5.32 Å². The van der Waals surface area contributed by atoms with Crippen molar-refractivity contribution in [1.29, 1.82) is 0 Å². The van der Waals surface area contributed by atoms with Crippen LogP contribution in [0.5, 0.6) is 0 Å². The summed E-state index contributed by atoms with van der Waals surface area (Å²) in [7, 11) is 0. The molecule has 0 aromatic rings. The van der Waals surface area contributed by atoms with E-state index < -0.39 is 0 Å². The fraction of sp³-hybridized carbons (Fsp3) is 0.917. The van der Waals surface area contributed by atoms with Crippen LogP contribution < -0.4 is 5.32 Å². The average Bonchev–Trinajstić information content (AvgIpc) is 2.33. The lowest BCUT2D eigenvalue weighted by Gasteiger charge is -2.30. The molecule has 4 heteroatoms. The number of hydrogen-bond donors (Lipinski definition) is 1. The summed E-state index contributed by atoms with van der Waals surface area (Å²) in [6.07, 6.45) is 8.00. The molecule has 1 aliphatic carbocycles. The molecule has 1 saturated carbocycles. The highest BCUT2D eigenvalue weighted by Crippen LogP contribution is 2.27. The van der Waals surface area contributed by atoms with Crippen molar-refractivity contribution in [2.24, 2.45) is 0 Å². The third-order valence-electron chi connectivity index (χ3n) is 3.48. The van der Waals surface area contributed by atoms with Gasteiger partial charge >= 0.3 is 0 Å². The topological polar surface area (TPSA) is 29.1 Å². The molecule has 2 fully saturated rings. The van der Waals surface area contributed by atoms with E-state index in [2.05, 4.69) is 5.32 Å². The van der Waals surface area contributed by atoms with Gasteiger partial charge in [0, 0.05) is 6.04 Å². The zero-order valence-corrected chi connectivity index (χ0v) is 11.2. The normalized spacial score (nSPS) is 35.7. The first-order chi connectivity index (χ1) is 7.77. The molecule has 3 unspecified atom stereocenters. The van der Waals surface area contributed by atoms with E-state index in [9.17, 15) is 4.79 Å². The van der Waals surface area contributed by atoms with Crippen molar-refractivity contribution < 1.29 is 4.79 Å². The molecule has 0 bridgehead atoms. The Balaban J connectivity index is 1.80. The molecule has 0 radical (unpaired) electrons. The van der Waals surface area contributed by atoms with Gasteiger partial charge in [-0.2, -0.15) is 0 Å². The Morgan fingerprint density at radius 1 is 1.12 bits per heavy atom. The molecular weight excluding hydrogens is 242 g/mol. The van der Waals surface area contributed by atoms with E-state index in [0.29, 0.717) is 0 Å². The Morgan fingerprint density at radius 2 is 1.88 bits per heavy atom. The molecule has 0 aromatic heterocycles. The molecular formula is C12H20ClNOS. The van der Waals surface area contributed by atoms with Gasteiger partial charge < -0.3 is 5.32 Å². The third-order valence-corrected chi connectivity index (χ3v) is 5.38. The van der Waals surface area contributed by atoms with Gasteiger partial charge in [-0.3, -0.25) is 4.79 Å². The van der Waals surface area contributed by atoms with Gasteiger partial charge in [-0.1, -0.05) is 19.3 Å². The van der Waals surface area contributed by atoms with Gasteiger partial charge in [-0.15, -0.1) is 23.4 Å². The number of amides is 1. The minimum absolute atomic E-state index is 0.145. The Hall–Kier alpha value is 0.110. The number of thioether (sulfide) groups is 1. The molecule has 2 aliphatic rings. The van der Waals surface area contributed by atoms with E-state index in [1.165, 1.54) is 25.7 Å². The molecule has 2 nitrogen and oxygen atoms in total.